The van der Waals surface area contributed by atoms with Crippen LogP contribution in [0.1, 0.15) is 11.1 Å². The van der Waals surface area contributed by atoms with Crippen LogP contribution >= 0.6 is 0 Å². The second kappa shape index (κ2) is 10.2. The quantitative estimate of drug-likeness (QED) is 0.304. The van der Waals surface area contributed by atoms with Gasteiger partial charge in [-0.2, -0.15) is 0 Å². The number of hydrogen-bond acceptors (Lipinski definition) is 7. The van der Waals surface area contributed by atoms with Gasteiger partial charge in [-0.25, -0.2) is 14.4 Å². The highest BCUT2D eigenvalue weighted by Crippen LogP contribution is 2.24. The molecule has 0 aliphatic carbocycles. The minimum absolute atomic E-state index is 0.0455. The molecule has 1 amide bonds. The van der Waals surface area contributed by atoms with Gasteiger partial charge in [-0.3, -0.25) is 10.2 Å². The van der Waals surface area contributed by atoms with Crippen molar-refractivity contribution in [1.82, 2.24) is 9.97 Å². The molecule has 0 aliphatic heterocycles. The average Bonchev–Trinajstić information content (AvgIpc) is 2.82. The van der Waals surface area contributed by atoms with Crippen LogP contribution in [-0.4, -0.2) is 41.7 Å². The van der Waals surface area contributed by atoms with Gasteiger partial charge in [-0.05, 0) is 36.4 Å². The molecule has 164 valence electrons. The molecule has 5 N–H and O–H groups in total. The number of nitrogens with zero attached hydrogens (tertiary/aromatic N) is 3. The molecule has 3 aromatic rings. The first-order chi connectivity index (χ1) is 15.5. The van der Waals surface area contributed by atoms with Gasteiger partial charge in [0.1, 0.15) is 23.8 Å². The standard InChI is InChI=1S/C23H24FN7O/c1-3-19(32)31(16-7-5-4-6-8-16)12-11-28-23-20(22(26)29-14-30-23)21(25)15-9-10-17(24)18(13-15)27-2/h3-10,13-14,25,27H,1,11-12H2,2H3,(H3,26,28,29,30). The van der Waals surface area contributed by atoms with Crippen molar-refractivity contribution >= 4 is 34.6 Å². The van der Waals surface area contributed by atoms with Crippen molar-refractivity contribution < 1.29 is 9.18 Å². The Morgan fingerprint density at radius 1 is 1.25 bits per heavy atom. The summed E-state index contributed by atoms with van der Waals surface area (Å²) in [5.74, 6) is -0.201. The molecule has 3 rings (SSSR count). The van der Waals surface area contributed by atoms with Crippen LogP contribution in [0.15, 0.2) is 67.5 Å². The van der Waals surface area contributed by atoms with Gasteiger partial charge < -0.3 is 21.3 Å². The van der Waals surface area contributed by atoms with Gasteiger partial charge in [0.05, 0.1) is 17.0 Å². The fourth-order valence-electron chi connectivity index (χ4n) is 3.17. The minimum Gasteiger partial charge on any atom is -0.386 e. The number of aromatic nitrogens is 2. The second-order valence-electron chi connectivity index (χ2n) is 6.76. The van der Waals surface area contributed by atoms with E-state index in [4.69, 9.17) is 11.1 Å². The van der Waals surface area contributed by atoms with E-state index in [0.29, 0.717) is 30.0 Å². The summed E-state index contributed by atoms with van der Waals surface area (Å²) in [7, 11) is 1.60. The van der Waals surface area contributed by atoms with E-state index >= 15 is 0 Å². The second-order valence-corrected chi connectivity index (χ2v) is 6.76. The Kier molecular flexibility index (Phi) is 7.12. The summed E-state index contributed by atoms with van der Waals surface area (Å²) in [6.07, 6.45) is 2.55. The van der Waals surface area contributed by atoms with Crippen LogP contribution in [-0.2, 0) is 4.79 Å². The third-order valence-corrected chi connectivity index (χ3v) is 4.79. The molecule has 0 saturated heterocycles. The molecule has 0 saturated carbocycles. The lowest BCUT2D eigenvalue weighted by atomic mass is 10.0. The van der Waals surface area contributed by atoms with E-state index in [0.717, 1.165) is 5.69 Å². The van der Waals surface area contributed by atoms with Gasteiger partial charge >= 0.3 is 0 Å². The van der Waals surface area contributed by atoms with Crippen LogP contribution in [0.4, 0.5) is 27.4 Å². The summed E-state index contributed by atoms with van der Waals surface area (Å²) < 4.78 is 13.8. The van der Waals surface area contributed by atoms with Crippen LogP contribution < -0.4 is 21.3 Å². The van der Waals surface area contributed by atoms with Crippen molar-refractivity contribution in [3.05, 3.63) is 84.5 Å². The van der Waals surface area contributed by atoms with Gasteiger partial charge in [0.25, 0.3) is 0 Å². The molecule has 0 aliphatic rings. The molecule has 0 unspecified atom stereocenters. The zero-order chi connectivity index (χ0) is 23.1. The summed E-state index contributed by atoms with van der Waals surface area (Å²) in [6.45, 7) is 4.22. The van der Waals surface area contributed by atoms with Crippen molar-refractivity contribution in [2.75, 3.05) is 41.4 Å². The zero-order valence-electron chi connectivity index (χ0n) is 17.6. The van der Waals surface area contributed by atoms with E-state index in [9.17, 15) is 9.18 Å². The molecular formula is C23H24FN7O. The van der Waals surface area contributed by atoms with Crippen LogP contribution in [0, 0.1) is 11.2 Å². The third kappa shape index (κ3) is 4.89. The molecule has 32 heavy (non-hydrogen) atoms. The molecule has 1 aromatic heterocycles. The number of amides is 1. The zero-order valence-corrected chi connectivity index (χ0v) is 17.6. The molecular weight excluding hydrogens is 409 g/mol. The molecule has 9 heteroatoms. The third-order valence-electron chi connectivity index (χ3n) is 4.79. The average molecular weight is 433 g/mol. The van der Waals surface area contributed by atoms with Gasteiger partial charge in [0.2, 0.25) is 5.91 Å². The number of nitrogen functional groups attached to an aromatic ring is 1. The van der Waals surface area contributed by atoms with Crippen molar-refractivity contribution in [3.8, 4) is 0 Å². The van der Waals surface area contributed by atoms with Crippen molar-refractivity contribution in [3.63, 3.8) is 0 Å². The van der Waals surface area contributed by atoms with Crippen LogP contribution in [0.3, 0.4) is 0 Å². The number of anilines is 4. The van der Waals surface area contributed by atoms with E-state index in [1.165, 1.54) is 30.6 Å². The molecule has 0 radical (unpaired) electrons. The maximum atomic E-state index is 13.8. The number of nitrogens with one attached hydrogen (secondary N) is 3. The highest BCUT2D eigenvalue weighted by atomic mass is 19.1. The monoisotopic (exact) mass is 433 g/mol. The first kappa shape index (κ1) is 22.4. The van der Waals surface area contributed by atoms with E-state index in [1.807, 2.05) is 30.3 Å². The number of halogens is 1. The van der Waals surface area contributed by atoms with Crippen molar-refractivity contribution in [2.45, 2.75) is 0 Å². The smallest absolute Gasteiger partial charge is 0.250 e. The number of carbonyl (C=O) groups excluding carboxylic acids is 1. The van der Waals surface area contributed by atoms with Crippen molar-refractivity contribution in [2.24, 2.45) is 0 Å². The highest BCUT2D eigenvalue weighted by Gasteiger charge is 2.18. The highest BCUT2D eigenvalue weighted by molar-refractivity contribution is 6.16. The Bertz CT molecular complexity index is 1130. The summed E-state index contributed by atoms with van der Waals surface area (Å²) in [6, 6.07) is 13.5. The lowest BCUT2D eigenvalue weighted by molar-refractivity contribution is -0.114. The van der Waals surface area contributed by atoms with E-state index < -0.39 is 5.82 Å². The number of carbonyl (C=O) groups is 1. The summed E-state index contributed by atoms with van der Waals surface area (Å²) in [4.78, 5) is 22.1. The lowest BCUT2D eigenvalue weighted by Crippen LogP contribution is -2.34. The Hall–Kier alpha value is -4.27. The first-order valence-corrected chi connectivity index (χ1v) is 9.86. The maximum Gasteiger partial charge on any atom is 0.250 e. The summed E-state index contributed by atoms with van der Waals surface area (Å²) in [5.41, 5.74) is 7.84. The Labute approximate surface area is 185 Å². The maximum absolute atomic E-state index is 13.8. The molecule has 1 heterocycles. The summed E-state index contributed by atoms with van der Waals surface area (Å²) >= 11 is 0. The molecule has 8 nitrogen and oxygen atoms in total. The van der Waals surface area contributed by atoms with Crippen LogP contribution in [0.25, 0.3) is 0 Å². The van der Waals surface area contributed by atoms with Crippen LogP contribution in [0.2, 0.25) is 0 Å². The number of nitrogens with two attached hydrogens (primary N) is 1. The van der Waals surface area contributed by atoms with Gasteiger partial charge in [0.15, 0.2) is 0 Å². The van der Waals surface area contributed by atoms with Gasteiger partial charge in [-0.15, -0.1) is 0 Å². The molecule has 0 spiro atoms. The fourth-order valence-corrected chi connectivity index (χ4v) is 3.17. The molecule has 2 aromatic carbocycles. The molecule has 0 atom stereocenters. The van der Waals surface area contributed by atoms with E-state index in [1.54, 1.807) is 11.9 Å². The number of hydrogen-bond donors (Lipinski definition) is 4. The lowest BCUT2D eigenvalue weighted by Gasteiger charge is -2.22. The van der Waals surface area contributed by atoms with Gasteiger partial charge in [-0.1, -0.05) is 24.8 Å². The fraction of sp³-hybridized carbons (Fsp3) is 0.130. The van der Waals surface area contributed by atoms with Crippen LogP contribution in [0.5, 0.6) is 0 Å². The molecule has 0 fully saturated rings. The van der Waals surface area contributed by atoms with Crippen molar-refractivity contribution in [1.29, 1.82) is 5.41 Å². The largest absolute Gasteiger partial charge is 0.386 e. The SMILES string of the molecule is C=CC(=O)N(CCNc1ncnc(N)c1C(=N)c1ccc(F)c(NC)c1)c1ccccc1. The predicted octanol–water partition coefficient (Wildman–Crippen LogP) is 3.29. The van der Waals surface area contributed by atoms with E-state index in [-0.39, 0.29) is 23.1 Å². The summed E-state index contributed by atoms with van der Waals surface area (Å²) in [5, 5.41) is 14.5. The number of para-hydroxylation sites is 1. The normalized spacial score (nSPS) is 10.3. The Balaban J connectivity index is 1.82. The number of rotatable bonds is 9. The Morgan fingerprint density at radius 3 is 2.69 bits per heavy atom. The minimum atomic E-state index is -0.424. The predicted molar refractivity (Wildman–Crippen MR) is 126 cm³/mol. The first-order valence-electron chi connectivity index (χ1n) is 9.86. The van der Waals surface area contributed by atoms with E-state index in [2.05, 4.69) is 27.2 Å². The molecule has 0 bridgehead atoms. The topological polar surface area (TPSA) is 120 Å². The Morgan fingerprint density at radius 2 is 2.00 bits per heavy atom. The number of benzene rings is 2. The van der Waals surface area contributed by atoms with Gasteiger partial charge in [0, 0.05) is 31.4 Å².